The Labute approximate surface area is 108 Å². The summed E-state index contributed by atoms with van der Waals surface area (Å²) < 4.78 is 5.01. The van der Waals surface area contributed by atoms with E-state index in [-0.39, 0.29) is 5.97 Å². The van der Waals surface area contributed by atoms with Gasteiger partial charge in [0.2, 0.25) is 0 Å². The number of aromatic nitrogens is 1. The molecule has 4 heteroatoms. The molecule has 0 fully saturated rings. The Balaban J connectivity index is 2.22. The van der Waals surface area contributed by atoms with Crippen molar-refractivity contribution in [2.24, 2.45) is 0 Å². The molecule has 4 nitrogen and oxygen atoms in total. The molecular formula is C14H20N2O2. The van der Waals surface area contributed by atoms with Crippen molar-refractivity contribution in [3.8, 4) is 0 Å². The summed E-state index contributed by atoms with van der Waals surface area (Å²) in [4.78, 5) is 18.3. The van der Waals surface area contributed by atoms with Crippen LogP contribution in [0, 0.1) is 13.8 Å². The Kier molecular flexibility index (Phi) is 3.84. The monoisotopic (exact) mass is 248 g/mol. The number of aryl methyl sites for hydroxylation is 3. The fourth-order valence-electron chi connectivity index (χ4n) is 2.28. The average molecular weight is 248 g/mol. The number of carbonyl (C=O) groups excluding carboxylic acids is 1. The van der Waals surface area contributed by atoms with Gasteiger partial charge < -0.3 is 9.64 Å². The molecule has 0 bridgehead atoms. The molecule has 0 N–H and O–H groups in total. The van der Waals surface area contributed by atoms with Gasteiger partial charge in [-0.3, -0.25) is 9.78 Å². The van der Waals surface area contributed by atoms with Crippen LogP contribution in [0.15, 0.2) is 6.07 Å². The van der Waals surface area contributed by atoms with Crippen molar-refractivity contribution < 1.29 is 9.53 Å². The van der Waals surface area contributed by atoms with E-state index in [4.69, 9.17) is 4.74 Å². The topological polar surface area (TPSA) is 42.4 Å². The van der Waals surface area contributed by atoms with E-state index in [2.05, 4.69) is 22.9 Å². The van der Waals surface area contributed by atoms with Crippen molar-refractivity contribution in [1.29, 1.82) is 0 Å². The molecular weight excluding hydrogens is 228 g/mol. The smallest absolute Gasteiger partial charge is 0.325 e. The molecule has 0 aromatic carbocycles. The molecule has 1 aromatic heterocycles. The standard InChI is InChI=1S/C14H20N2O2/c1-4-18-14(17)9-16-7-5-6-12-13(16)8-10(2)11(3)15-12/h8H,4-7,9H2,1-3H3. The van der Waals surface area contributed by atoms with Crippen molar-refractivity contribution >= 4 is 11.7 Å². The number of pyridine rings is 1. The fourth-order valence-corrected chi connectivity index (χ4v) is 2.28. The maximum absolute atomic E-state index is 11.6. The Morgan fingerprint density at radius 2 is 2.28 bits per heavy atom. The predicted octanol–water partition coefficient (Wildman–Crippen LogP) is 2.01. The van der Waals surface area contributed by atoms with E-state index < -0.39 is 0 Å². The molecule has 0 radical (unpaired) electrons. The van der Waals surface area contributed by atoms with E-state index in [1.54, 1.807) is 0 Å². The van der Waals surface area contributed by atoms with Gasteiger partial charge in [-0.2, -0.15) is 0 Å². The molecule has 1 aromatic rings. The minimum absolute atomic E-state index is 0.163. The highest BCUT2D eigenvalue weighted by molar-refractivity contribution is 5.76. The zero-order chi connectivity index (χ0) is 13.1. The number of esters is 1. The first-order valence-electron chi connectivity index (χ1n) is 6.49. The lowest BCUT2D eigenvalue weighted by atomic mass is 10.0. The van der Waals surface area contributed by atoms with Gasteiger partial charge in [0, 0.05) is 12.2 Å². The summed E-state index contributed by atoms with van der Waals surface area (Å²) in [6.45, 7) is 7.57. The molecule has 0 saturated carbocycles. The third kappa shape index (κ3) is 2.63. The van der Waals surface area contributed by atoms with Gasteiger partial charge in [0.25, 0.3) is 0 Å². The average Bonchev–Trinajstić information content (AvgIpc) is 2.32. The normalized spacial score (nSPS) is 14.3. The molecule has 1 aliphatic heterocycles. The summed E-state index contributed by atoms with van der Waals surface area (Å²) in [5, 5.41) is 0. The molecule has 0 atom stereocenters. The van der Waals surface area contributed by atoms with E-state index in [1.165, 1.54) is 5.56 Å². The van der Waals surface area contributed by atoms with Crippen LogP contribution in [-0.4, -0.2) is 30.6 Å². The van der Waals surface area contributed by atoms with Gasteiger partial charge in [-0.05, 0) is 45.2 Å². The largest absolute Gasteiger partial charge is 0.465 e. The lowest BCUT2D eigenvalue weighted by molar-refractivity contribution is -0.141. The zero-order valence-electron chi connectivity index (χ0n) is 11.3. The first-order chi connectivity index (χ1) is 8.61. The van der Waals surface area contributed by atoms with Gasteiger partial charge >= 0.3 is 5.97 Å². The lowest BCUT2D eigenvalue weighted by Crippen LogP contribution is -2.35. The van der Waals surface area contributed by atoms with Crippen molar-refractivity contribution in [2.75, 3.05) is 24.6 Å². The number of hydrogen-bond donors (Lipinski definition) is 0. The summed E-state index contributed by atoms with van der Waals surface area (Å²) >= 11 is 0. The highest BCUT2D eigenvalue weighted by Gasteiger charge is 2.21. The maximum Gasteiger partial charge on any atom is 0.325 e. The van der Waals surface area contributed by atoms with Crippen LogP contribution in [-0.2, 0) is 16.0 Å². The van der Waals surface area contributed by atoms with E-state index >= 15 is 0 Å². The number of nitrogens with zero attached hydrogens (tertiary/aromatic N) is 2. The van der Waals surface area contributed by atoms with Crippen molar-refractivity contribution in [2.45, 2.75) is 33.6 Å². The Morgan fingerprint density at radius 3 is 3.00 bits per heavy atom. The molecule has 0 spiro atoms. The summed E-state index contributed by atoms with van der Waals surface area (Å²) in [5.74, 6) is -0.163. The summed E-state index contributed by atoms with van der Waals surface area (Å²) in [7, 11) is 0. The number of anilines is 1. The summed E-state index contributed by atoms with van der Waals surface area (Å²) in [6.07, 6.45) is 2.04. The predicted molar refractivity (Wildman–Crippen MR) is 70.9 cm³/mol. The molecule has 0 saturated heterocycles. The minimum Gasteiger partial charge on any atom is -0.465 e. The van der Waals surface area contributed by atoms with Crippen LogP contribution in [0.3, 0.4) is 0 Å². The van der Waals surface area contributed by atoms with Gasteiger partial charge in [0.1, 0.15) is 6.54 Å². The van der Waals surface area contributed by atoms with Crippen LogP contribution >= 0.6 is 0 Å². The van der Waals surface area contributed by atoms with Crippen LogP contribution < -0.4 is 4.90 Å². The second-order valence-electron chi connectivity index (χ2n) is 4.69. The van der Waals surface area contributed by atoms with Crippen LogP contribution in [0.2, 0.25) is 0 Å². The van der Waals surface area contributed by atoms with Gasteiger partial charge in [-0.1, -0.05) is 0 Å². The van der Waals surface area contributed by atoms with E-state index in [9.17, 15) is 4.79 Å². The Morgan fingerprint density at radius 1 is 1.50 bits per heavy atom. The third-order valence-corrected chi connectivity index (χ3v) is 3.33. The van der Waals surface area contributed by atoms with Gasteiger partial charge in [0.15, 0.2) is 0 Å². The van der Waals surface area contributed by atoms with Crippen molar-refractivity contribution in [3.05, 3.63) is 23.0 Å². The SMILES string of the molecule is CCOC(=O)CN1CCCc2nc(C)c(C)cc21. The molecule has 2 heterocycles. The van der Waals surface area contributed by atoms with Crippen molar-refractivity contribution in [3.63, 3.8) is 0 Å². The highest BCUT2D eigenvalue weighted by Crippen LogP contribution is 2.27. The molecule has 1 aliphatic rings. The van der Waals surface area contributed by atoms with Gasteiger partial charge in [-0.15, -0.1) is 0 Å². The molecule has 98 valence electrons. The number of hydrogen-bond acceptors (Lipinski definition) is 4. The number of ether oxygens (including phenoxy) is 1. The molecule has 2 rings (SSSR count). The van der Waals surface area contributed by atoms with Gasteiger partial charge in [-0.25, -0.2) is 0 Å². The summed E-state index contributed by atoms with van der Waals surface area (Å²) in [5.41, 5.74) is 4.45. The van der Waals surface area contributed by atoms with Crippen molar-refractivity contribution in [1.82, 2.24) is 4.98 Å². The maximum atomic E-state index is 11.6. The quantitative estimate of drug-likeness (QED) is 0.767. The number of fused-ring (bicyclic) bond motifs is 1. The van der Waals surface area contributed by atoms with E-state index in [0.717, 1.165) is 36.5 Å². The number of carbonyl (C=O) groups is 1. The second-order valence-corrected chi connectivity index (χ2v) is 4.69. The van der Waals surface area contributed by atoms with Crippen LogP contribution in [0.5, 0.6) is 0 Å². The fraction of sp³-hybridized carbons (Fsp3) is 0.571. The molecule has 0 aliphatic carbocycles. The molecule has 18 heavy (non-hydrogen) atoms. The van der Waals surface area contributed by atoms with Crippen LogP contribution in [0.4, 0.5) is 5.69 Å². The third-order valence-electron chi connectivity index (χ3n) is 3.33. The minimum atomic E-state index is -0.163. The highest BCUT2D eigenvalue weighted by atomic mass is 16.5. The Hall–Kier alpha value is -1.58. The van der Waals surface area contributed by atoms with E-state index in [0.29, 0.717) is 13.2 Å². The second kappa shape index (κ2) is 5.38. The number of rotatable bonds is 3. The zero-order valence-corrected chi connectivity index (χ0v) is 11.3. The van der Waals surface area contributed by atoms with Gasteiger partial charge in [0.05, 0.1) is 18.0 Å². The Bertz CT molecular complexity index is 457. The molecule has 0 amide bonds. The molecule has 0 unspecified atom stereocenters. The lowest BCUT2D eigenvalue weighted by Gasteiger charge is -2.30. The van der Waals surface area contributed by atoms with Crippen LogP contribution in [0.1, 0.15) is 30.3 Å². The first-order valence-corrected chi connectivity index (χ1v) is 6.49. The van der Waals surface area contributed by atoms with E-state index in [1.807, 2.05) is 13.8 Å². The first kappa shape index (κ1) is 12.9. The summed E-state index contributed by atoms with van der Waals surface area (Å²) in [6, 6.07) is 2.13. The van der Waals surface area contributed by atoms with Crippen LogP contribution in [0.25, 0.3) is 0 Å².